The van der Waals surface area contributed by atoms with Crippen molar-refractivity contribution < 1.29 is 35.3 Å². The number of halogens is 3. The zero-order valence-corrected chi connectivity index (χ0v) is 29.5. The van der Waals surface area contributed by atoms with Gasteiger partial charge in [-0.3, -0.25) is 0 Å². The molecule has 5 aliphatic rings. The highest BCUT2D eigenvalue weighted by atomic mass is 32.2. The summed E-state index contributed by atoms with van der Waals surface area (Å²) in [6.07, 6.45) is 9.98. The molecule has 9 heteroatoms. The second kappa shape index (κ2) is 11.1. The summed E-state index contributed by atoms with van der Waals surface area (Å²) < 4.78 is 75.0. The fourth-order valence-electron chi connectivity index (χ4n) is 12.3. The van der Waals surface area contributed by atoms with Crippen molar-refractivity contribution in [1.29, 1.82) is 0 Å². The number of alkyl halides is 3. The molecular formula is C38H51F3O5S. The van der Waals surface area contributed by atoms with Crippen molar-refractivity contribution in [3.8, 4) is 0 Å². The third kappa shape index (κ3) is 5.05. The minimum atomic E-state index is -5.75. The van der Waals surface area contributed by atoms with E-state index in [-0.39, 0.29) is 39.3 Å². The number of esters is 1. The average molecular weight is 677 g/mol. The molecule has 9 atom stereocenters. The van der Waals surface area contributed by atoms with Gasteiger partial charge in [-0.2, -0.15) is 21.6 Å². The lowest BCUT2D eigenvalue weighted by atomic mass is 9.32. The molecule has 5 nitrogen and oxygen atoms in total. The van der Waals surface area contributed by atoms with Crippen molar-refractivity contribution in [3.63, 3.8) is 0 Å². The molecule has 4 saturated carbocycles. The number of rotatable bonds is 6. The first-order valence-corrected chi connectivity index (χ1v) is 18.7. The van der Waals surface area contributed by atoms with Gasteiger partial charge in [0.05, 0.1) is 12.2 Å². The quantitative estimate of drug-likeness (QED) is 0.130. The van der Waals surface area contributed by atoms with E-state index in [4.69, 9.17) is 8.92 Å². The van der Waals surface area contributed by atoms with Crippen LogP contribution >= 0.6 is 0 Å². The first kappa shape index (κ1) is 34.6. The molecule has 0 N–H and O–H groups in total. The van der Waals surface area contributed by atoms with Crippen molar-refractivity contribution in [2.75, 3.05) is 6.61 Å². The second-order valence-corrected chi connectivity index (χ2v) is 18.5. The molecule has 4 fully saturated rings. The van der Waals surface area contributed by atoms with E-state index in [0.717, 1.165) is 51.4 Å². The van der Waals surface area contributed by atoms with Gasteiger partial charge in [-0.15, -0.1) is 0 Å². The van der Waals surface area contributed by atoms with Gasteiger partial charge in [0.25, 0.3) is 0 Å². The Morgan fingerprint density at radius 2 is 1.60 bits per heavy atom. The molecule has 0 heterocycles. The van der Waals surface area contributed by atoms with Crippen LogP contribution in [0.3, 0.4) is 0 Å². The predicted molar refractivity (Wildman–Crippen MR) is 175 cm³/mol. The number of benzene rings is 1. The monoisotopic (exact) mass is 676 g/mol. The fraction of sp³-hybridized carbons (Fsp3) is 0.711. The summed E-state index contributed by atoms with van der Waals surface area (Å²) in [5.41, 5.74) is -4.87. The second-order valence-electron chi connectivity index (χ2n) is 17.0. The van der Waals surface area contributed by atoms with Gasteiger partial charge in [-0.05, 0) is 129 Å². The fourth-order valence-corrected chi connectivity index (χ4v) is 12.9. The zero-order chi connectivity index (χ0) is 34.4. The third-order valence-electron chi connectivity index (χ3n) is 14.7. The van der Waals surface area contributed by atoms with E-state index in [1.54, 1.807) is 18.2 Å². The summed E-state index contributed by atoms with van der Waals surface area (Å²) in [5.74, 6) is 1.11. The van der Waals surface area contributed by atoms with Crippen molar-refractivity contribution >= 4 is 16.1 Å². The molecule has 0 bridgehead atoms. The SMILES string of the molecule is C=C(C)[C@@H]1CC[C@]2(COC(=O)c3ccccc3)CC[C@]3(C)[C@H](CC[C@H]4C3(C)CC[C@H]3C(C)(C)C(OS(=O)(=O)C(F)(F)F)=CC[C@@]34C)[C@@H]12. The summed E-state index contributed by atoms with van der Waals surface area (Å²) in [5, 5.41) is 0. The van der Waals surface area contributed by atoms with E-state index in [1.807, 2.05) is 32.0 Å². The molecule has 260 valence electrons. The first-order valence-electron chi connectivity index (χ1n) is 17.3. The molecular weight excluding hydrogens is 625 g/mol. The van der Waals surface area contributed by atoms with Gasteiger partial charge in [-0.25, -0.2) is 4.79 Å². The van der Waals surface area contributed by atoms with Crippen molar-refractivity contribution in [3.05, 3.63) is 59.9 Å². The van der Waals surface area contributed by atoms with Crippen LogP contribution < -0.4 is 0 Å². The maximum Gasteiger partial charge on any atom is 0.534 e. The van der Waals surface area contributed by atoms with Crippen LogP contribution in [-0.4, -0.2) is 26.5 Å². The van der Waals surface area contributed by atoms with E-state index in [9.17, 15) is 26.4 Å². The van der Waals surface area contributed by atoms with Crippen LogP contribution in [0.5, 0.6) is 0 Å². The average Bonchev–Trinajstić information content (AvgIpc) is 3.38. The number of carbonyl (C=O) groups is 1. The van der Waals surface area contributed by atoms with E-state index in [2.05, 4.69) is 34.3 Å². The summed E-state index contributed by atoms with van der Waals surface area (Å²) in [4.78, 5) is 13.1. The molecule has 0 amide bonds. The Morgan fingerprint density at radius 3 is 2.23 bits per heavy atom. The molecule has 0 aliphatic heterocycles. The van der Waals surface area contributed by atoms with Gasteiger partial charge in [0, 0.05) is 10.8 Å². The van der Waals surface area contributed by atoms with Crippen LogP contribution in [0.4, 0.5) is 13.2 Å². The molecule has 1 unspecified atom stereocenters. The maximum atomic E-state index is 13.3. The van der Waals surface area contributed by atoms with E-state index in [1.165, 1.54) is 5.57 Å². The van der Waals surface area contributed by atoms with Crippen LogP contribution in [-0.2, 0) is 19.0 Å². The zero-order valence-electron chi connectivity index (χ0n) is 28.7. The lowest BCUT2D eigenvalue weighted by molar-refractivity contribution is -0.231. The predicted octanol–water partition coefficient (Wildman–Crippen LogP) is 9.86. The topological polar surface area (TPSA) is 69.7 Å². The van der Waals surface area contributed by atoms with Gasteiger partial charge in [0.2, 0.25) is 0 Å². The molecule has 1 aromatic carbocycles. The first-order chi connectivity index (χ1) is 21.7. The number of carbonyl (C=O) groups excluding carboxylic acids is 1. The Kier molecular flexibility index (Phi) is 8.17. The third-order valence-corrected chi connectivity index (χ3v) is 15.7. The Morgan fingerprint density at radius 1 is 0.915 bits per heavy atom. The highest BCUT2D eigenvalue weighted by Gasteiger charge is 2.71. The van der Waals surface area contributed by atoms with Gasteiger partial charge in [0.1, 0.15) is 5.76 Å². The summed E-state index contributed by atoms with van der Waals surface area (Å²) >= 11 is 0. The van der Waals surface area contributed by atoms with Gasteiger partial charge >= 0.3 is 21.6 Å². The lowest BCUT2D eigenvalue weighted by Gasteiger charge is -2.72. The largest absolute Gasteiger partial charge is 0.534 e. The molecule has 0 spiro atoms. The van der Waals surface area contributed by atoms with Crippen LogP contribution in [0.2, 0.25) is 0 Å². The number of hydrogen-bond acceptors (Lipinski definition) is 5. The number of fused-ring (bicyclic) bond motifs is 7. The van der Waals surface area contributed by atoms with Gasteiger partial charge < -0.3 is 8.92 Å². The normalized spacial score (nSPS) is 41.0. The molecule has 0 saturated heterocycles. The highest BCUT2D eigenvalue weighted by molar-refractivity contribution is 7.87. The van der Waals surface area contributed by atoms with E-state index in [0.29, 0.717) is 42.3 Å². The number of hydrogen-bond donors (Lipinski definition) is 0. The number of ether oxygens (including phenoxy) is 1. The molecule has 6 rings (SSSR count). The standard InChI is InChI=1S/C38H51F3O5S/c1-24(2)26-15-20-37(23-45-32(42)25-11-9-8-10-12-25)22-21-35(6)27(31(26)37)13-14-29-34(5)18-17-30(46-47(43,44)38(39,40)41)33(3,4)28(34)16-19-36(29,35)7/h8-12,17,26-29,31H,1,13-16,18-23H2,2-7H3/t26-,27+,28-,29+,31+,34-,35+,36?,37+/m0/s1. The van der Waals surface area contributed by atoms with Crippen molar-refractivity contribution in [2.45, 2.75) is 105 Å². The molecule has 0 radical (unpaired) electrons. The number of allylic oxidation sites excluding steroid dienone is 3. The summed E-state index contributed by atoms with van der Waals surface area (Å²) in [6, 6.07) is 9.19. The Bertz CT molecular complexity index is 1570. The summed E-state index contributed by atoms with van der Waals surface area (Å²) in [6.45, 7) is 18.0. The molecule has 47 heavy (non-hydrogen) atoms. The molecule has 5 aliphatic carbocycles. The van der Waals surface area contributed by atoms with Crippen LogP contribution in [0, 0.1) is 56.7 Å². The van der Waals surface area contributed by atoms with Gasteiger partial charge in [-0.1, -0.05) is 65.0 Å². The maximum absolute atomic E-state index is 13.3. The van der Waals surface area contributed by atoms with Gasteiger partial charge in [0.15, 0.2) is 0 Å². The molecule has 1 aromatic rings. The Hall–Kier alpha value is -2.29. The molecule has 0 aromatic heterocycles. The minimum Gasteiger partial charge on any atom is -0.461 e. The Labute approximate surface area is 278 Å². The summed E-state index contributed by atoms with van der Waals surface area (Å²) in [7, 11) is -5.75. The van der Waals surface area contributed by atoms with Crippen molar-refractivity contribution in [2.24, 2.45) is 56.7 Å². The van der Waals surface area contributed by atoms with Crippen molar-refractivity contribution in [1.82, 2.24) is 0 Å². The van der Waals surface area contributed by atoms with E-state index >= 15 is 0 Å². The smallest absolute Gasteiger partial charge is 0.461 e. The van der Waals surface area contributed by atoms with Crippen LogP contribution in [0.15, 0.2) is 54.3 Å². The Balaban J connectivity index is 1.31. The lowest BCUT2D eigenvalue weighted by Crippen LogP contribution is -2.65. The minimum absolute atomic E-state index is 0.0173. The van der Waals surface area contributed by atoms with Crippen LogP contribution in [0.25, 0.3) is 0 Å². The highest BCUT2D eigenvalue weighted by Crippen LogP contribution is 2.77. The van der Waals surface area contributed by atoms with Crippen LogP contribution in [0.1, 0.15) is 110 Å². The van der Waals surface area contributed by atoms with E-state index < -0.39 is 21.0 Å².